The summed E-state index contributed by atoms with van der Waals surface area (Å²) in [5.41, 5.74) is 0. The predicted molar refractivity (Wildman–Crippen MR) is 79.0 cm³/mol. The van der Waals surface area contributed by atoms with Gasteiger partial charge in [0.2, 0.25) is 0 Å². The quantitative estimate of drug-likeness (QED) is 0.625. The highest BCUT2D eigenvalue weighted by atomic mass is 16.5. The van der Waals surface area contributed by atoms with E-state index in [9.17, 15) is 0 Å². The van der Waals surface area contributed by atoms with Crippen LogP contribution < -0.4 is 5.32 Å². The van der Waals surface area contributed by atoms with E-state index < -0.39 is 0 Å². The number of hydrogen-bond donors (Lipinski definition) is 1. The van der Waals surface area contributed by atoms with Gasteiger partial charge in [0, 0.05) is 12.6 Å². The number of likely N-dealkylation sites (N-methyl/N-ethyl adjacent to an activating group) is 1. The molecule has 0 aromatic heterocycles. The Labute approximate surface area is 114 Å². The van der Waals surface area contributed by atoms with E-state index in [4.69, 9.17) is 4.74 Å². The molecule has 1 saturated carbocycles. The molecule has 0 bridgehead atoms. The van der Waals surface area contributed by atoms with Crippen LogP contribution in [-0.4, -0.2) is 25.8 Å². The second-order valence-electron chi connectivity index (χ2n) is 5.71. The van der Waals surface area contributed by atoms with Gasteiger partial charge in [-0.15, -0.1) is 0 Å². The highest BCUT2D eigenvalue weighted by molar-refractivity contribution is 4.84. The van der Waals surface area contributed by atoms with Gasteiger partial charge in [0.05, 0.1) is 6.10 Å². The van der Waals surface area contributed by atoms with Gasteiger partial charge in [0.25, 0.3) is 0 Å². The fourth-order valence-electron chi connectivity index (χ4n) is 3.32. The van der Waals surface area contributed by atoms with Crippen LogP contribution in [-0.2, 0) is 4.74 Å². The average Bonchev–Trinajstić information content (AvgIpc) is 2.43. The zero-order valence-electron chi connectivity index (χ0n) is 12.7. The van der Waals surface area contributed by atoms with E-state index in [1.54, 1.807) is 0 Å². The molecule has 108 valence electrons. The Balaban J connectivity index is 2.49. The summed E-state index contributed by atoms with van der Waals surface area (Å²) in [6.45, 7) is 5.26. The summed E-state index contributed by atoms with van der Waals surface area (Å²) in [5, 5.41) is 3.52. The second kappa shape index (κ2) is 9.80. The summed E-state index contributed by atoms with van der Waals surface area (Å²) in [4.78, 5) is 0. The summed E-state index contributed by atoms with van der Waals surface area (Å²) in [7, 11) is 2.10. The first kappa shape index (κ1) is 16.0. The van der Waals surface area contributed by atoms with Crippen LogP contribution in [0.25, 0.3) is 0 Å². The molecule has 1 aliphatic carbocycles. The van der Waals surface area contributed by atoms with E-state index in [-0.39, 0.29) is 0 Å². The van der Waals surface area contributed by atoms with Gasteiger partial charge in [-0.25, -0.2) is 0 Å². The Morgan fingerprint density at radius 3 is 2.39 bits per heavy atom. The van der Waals surface area contributed by atoms with Crippen LogP contribution in [0.5, 0.6) is 0 Å². The lowest BCUT2D eigenvalue weighted by molar-refractivity contribution is -0.0182. The van der Waals surface area contributed by atoms with Crippen molar-refractivity contribution in [3.63, 3.8) is 0 Å². The molecule has 0 radical (unpaired) electrons. The third-order valence-electron chi connectivity index (χ3n) is 4.36. The minimum Gasteiger partial charge on any atom is -0.377 e. The van der Waals surface area contributed by atoms with E-state index >= 15 is 0 Å². The standard InChI is InChI=1S/C16H33NO/c1-4-6-8-13-15(17-3)16(18-5-2)14-11-9-7-10-12-14/h14-17H,4-13H2,1-3H3. The molecule has 0 aliphatic heterocycles. The first-order valence-corrected chi connectivity index (χ1v) is 8.12. The SMILES string of the molecule is CCCCCC(NC)C(OCC)C1CCCCC1. The molecular formula is C16H33NO. The second-order valence-corrected chi connectivity index (χ2v) is 5.71. The van der Waals surface area contributed by atoms with E-state index in [2.05, 4.69) is 26.2 Å². The maximum Gasteiger partial charge on any atom is 0.0755 e. The molecule has 0 aromatic rings. The summed E-state index contributed by atoms with van der Waals surface area (Å²) >= 11 is 0. The van der Waals surface area contributed by atoms with Crippen molar-refractivity contribution in [1.29, 1.82) is 0 Å². The molecule has 0 amide bonds. The van der Waals surface area contributed by atoms with Crippen LogP contribution >= 0.6 is 0 Å². The number of unbranched alkanes of at least 4 members (excludes halogenated alkanes) is 2. The van der Waals surface area contributed by atoms with Gasteiger partial charge in [-0.05, 0) is 39.2 Å². The highest BCUT2D eigenvalue weighted by Gasteiger charge is 2.29. The van der Waals surface area contributed by atoms with Gasteiger partial charge in [-0.2, -0.15) is 0 Å². The van der Waals surface area contributed by atoms with Crippen LogP contribution in [0.2, 0.25) is 0 Å². The number of rotatable bonds is 9. The van der Waals surface area contributed by atoms with Gasteiger partial charge >= 0.3 is 0 Å². The smallest absolute Gasteiger partial charge is 0.0755 e. The maximum atomic E-state index is 6.10. The molecule has 1 aliphatic rings. The van der Waals surface area contributed by atoms with E-state index in [0.717, 1.165) is 12.5 Å². The van der Waals surface area contributed by atoms with Gasteiger partial charge in [0.15, 0.2) is 0 Å². The Kier molecular flexibility index (Phi) is 8.70. The Hall–Kier alpha value is -0.0800. The molecule has 1 fully saturated rings. The number of ether oxygens (including phenoxy) is 1. The lowest BCUT2D eigenvalue weighted by Crippen LogP contribution is -2.44. The third-order valence-corrected chi connectivity index (χ3v) is 4.36. The van der Waals surface area contributed by atoms with E-state index in [1.165, 1.54) is 57.8 Å². The van der Waals surface area contributed by atoms with Gasteiger partial charge < -0.3 is 10.1 Å². The van der Waals surface area contributed by atoms with E-state index in [1.807, 2.05) is 0 Å². The Morgan fingerprint density at radius 2 is 1.83 bits per heavy atom. The number of nitrogens with one attached hydrogen (secondary N) is 1. The molecule has 2 atom stereocenters. The summed E-state index contributed by atoms with van der Waals surface area (Å²) in [5.74, 6) is 0.790. The summed E-state index contributed by atoms with van der Waals surface area (Å²) in [6, 6.07) is 0.555. The van der Waals surface area contributed by atoms with Crippen molar-refractivity contribution in [2.45, 2.75) is 83.8 Å². The van der Waals surface area contributed by atoms with Gasteiger partial charge in [-0.3, -0.25) is 0 Å². The lowest BCUT2D eigenvalue weighted by atomic mass is 9.81. The van der Waals surface area contributed by atoms with Crippen LogP contribution in [0.15, 0.2) is 0 Å². The zero-order chi connectivity index (χ0) is 13.2. The molecule has 0 saturated heterocycles. The predicted octanol–water partition coefficient (Wildman–Crippen LogP) is 4.14. The number of hydrogen-bond acceptors (Lipinski definition) is 2. The molecule has 1 rings (SSSR count). The van der Waals surface area contributed by atoms with Crippen molar-refractivity contribution < 1.29 is 4.74 Å². The van der Waals surface area contributed by atoms with E-state index in [0.29, 0.717) is 12.1 Å². The molecule has 18 heavy (non-hydrogen) atoms. The Bertz CT molecular complexity index is 190. The van der Waals surface area contributed by atoms with Crippen molar-refractivity contribution in [3.05, 3.63) is 0 Å². The molecule has 2 nitrogen and oxygen atoms in total. The fourth-order valence-corrected chi connectivity index (χ4v) is 3.32. The third kappa shape index (κ3) is 5.27. The van der Waals surface area contributed by atoms with Gasteiger partial charge in [0.1, 0.15) is 0 Å². The van der Waals surface area contributed by atoms with Crippen molar-refractivity contribution in [2.75, 3.05) is 13.7 Å². The minimum absolute atomic E-state index is 0.442. The molecule has 2 unspecified atom stereocenters. The Morgan fingerprint density at radius 1 is 1.11 bits per heavy atom. The molecule has 1 N–H and O–H groups in total. The molecule has 2 heteroatoms. The lowest BCUT2D eigenvalue weighted by Gasteiger charge is -2.35. The highest BCUT2D eigenvalue weighted by Crippen LogP contribution is 2.30. The minimum atomic E-state index is 0.442. The zero-order valence-corrected chi connectivity index (χ0v) is 12.7. The largest absolute Gasteiger partial charge is 0.377 e. The molecular weight excluding hydrogens is 222 g/mol. The van der Waals surface area contributed by atoms with Crippen LogP contribution in [0, 0.1) is 5.92 Å². The first-order valence-electron chi connectivity index (χ1n) is 8.12. The van der Waals surface area contributed by atoms with Crippen LogP contribution in [0.3, 0.4) is 0 Å². The summed E-state index contributed by atoms with van der Waals surface area (Å²) < 4.78 is 6.10. The van der Waals surface area contributed by atoms with Crippen molar-refractivity contribution in [1.82, 2.24) is 5.32 Å². The first-order chi connectivity index (χ1) is 8.83. The fraction of sp³-hybridized carbons (Fsp3) is 1.00. The molecule has 0 aromatic carbocycles. The van der Waals surface area contributed by atoms with Crippen molar-refractivity contribution in [2.24, 2.45) is 5.92 Å². The maximum absolute atomic E-state index is 6.10. The van der Waals surface area contributed by atoms with Crippen LogP contribution in [0.1, 0.15) is 71.6 Å². The normalized spacial score (nSPS) is 20.8. The molecule has 0 spiro atoms. The van der Waals surface area contributed by atoms with Crippen LogP contribution in [0.4, 0.5) is 0 Å². The van der Waals surface area contributed by atoms with Crippen molar-refractivity contribution in [3.8, 4) is 0 Å². The molecule has 0 heterocycles. The summed E-state index contributed by atoms with van der Waals surface area (Å²) in [6.07, 6.45) is 12.7. The monoisotopic (exact) mass is 255 g/mol. The van der Waals surface area contributed by atoms with Crippen molar-refractivity contribution >= 4 is 0 Å². The topological polar surface area (TPSA) is 21.3 Å². The average molecular weight is 255 g/mol. The van der Waals surface area contributed by atoms with Gasteiger partial charge in [-0.1, -0.05) is 45.4 Å².